The molecule has 2 fully saturated rings. The fourth-order valence-corrected chi connectivity index (χ4v) is 5.49. The summed E-state index contributed by atoms with van der Waals surface area (Å²) in [5, 5.41) is 0. The van der Waals surface area contributed by atoms with Gasteiger partial charge in [-0.1, -0.05) is 34.6 Å². The molecular weight excluding hydrogens is 809 g/mol. The van der Waals surface area contributed by atoms with Crippen molar-refractivity contribution in [2.45, 2.75) is 140 Å². The summed E-state index contributed by atoms with van der Waals surface area (Å²) in [5.41, 5.74) is -15.7. The Hall–Kier alpha value is -1.61. The molecule has 0 bridgehead atoms. The molecule has 0 aromatic carbocycles. The van der Waals surface area contributed by atoms with Gasteiger partial charge in [-0.3, -0.25) is 17.6 Å². The molecule has 8 unspecified atom stereocenters. The van der Waals surface area contributed by atoms with E-state index < -0.39 is 122 Å². The molecule has 2 saturated carbocycles. The maximum atomic E-state index is 13.8. The molecule has 0 amide bonds. The lowest BCUT2D eigenvalue weighted by Crippen LogP contribution is -2.76. The summed E-state index contributed by atoms with van der Waals surface area (Å²) in [6.07, 6.45) is -22.9. The van der Waals surface area contributed by atoms with Crippen LogP contribution in [0.25, 0.3) is 0 Å². The van der Waals surface area contributed by atoms with Gasteiger partial charge in [0.1, 0.15) is 6.17 Å². The molecule has 0 saturated heterocycles. The zero-order valence-electron chi connectivity index (χ0n) is 30.6. The molecule has 8 atom stereocenters. The second-order valence-corrected chi connectivity index (χ2v) is 12.8. The van der Waals surface area contributed by atoms with E-state index in [0.717, 1.165) is 13.8 Å². The van der Waals surface area contributed by atoms with Crippen molar-refractivity contribution < 1.29 is 102 Å². The van der Waals surface area contributed by atoms with E-state index in [9.17, 15) is 101 Å². The topological polar surface area (TPSA) is 0 Å². The summed E-state index contributed by atoms with van der Waals surface area (Å²) in [4.78, 5) is 0. The third kappa shape index (κ3) is 13.2. The monoisotopic (exact) mass is 858 g/mol. The summed E-state index contributed by atoms with van der Waals surface area (Å²) in [6, 6.07) is 0. The normalized spacial score (nSPS) is 31.2. The van der Waals surface area contributed by atoms with Crippen molar-refractivity contribution in [3.8, 4) is 0 Å². The van der Waals surface area contributed by atoms with Crippen LogP contribution in [0.3, 0.4) is 0 Å². The van der Waals surface area contributed by atoms with E-state index in [-0.39, 0.29) is 20.4 Å². The van der Waals surface area contributed by atoms with E-state index in [1.165, 1.54) is 13.8 Å². The zero-order chi connectivity index (χ0) is 44.9. The SMILES string of the molecule is CC(C)CC(F)C(C)C(F)(F)F.CC1CC(CF)C(F)(C(F)(F)F)C(F)(F)C1.CCC1CC(F)(F)C(F)(C(F)(F)F)C(C)(F)C1(F)F.CCF.CF.CF.[HH]. The van der Waals surface area contributed by atoms with Crippen molar-refractivity contribution in [2.75, 3.05) is 27.7 Å². The van der Waals surface area contributed by atoms with Crippen molar-refractivity contribution in [1.82, 2.24) is 0 Å². The Morgan fingerprint density at radius 1 is 0.667 bits per heavy atom. The lowest BCUT2D eigenvalue weighted by atomic mass is 9.64. The van der Waals surface area contributed by atoms with Crippen LogP contribution in [-0.4, -0.2) is 87.2 Å². The van der Waals surface area contributed by atoms with Gasteiger partial charge in [0, 0.05) is 26.1 Å². The van der Waals surface area contributed by atoms with E-state index in [1.807, 2.05) is 0 Å². The quantitative estimate of drug-likeness (QED) is 0.242. The van der Waals surface area contributed by atoms with Crippen molar-refractivity contribution in [1.29, 1.82) is 0 Å². The van der Waals surface area contributed by atoms with Crippen LogP contribution < -0.4 is 0 Å². The minimum Gasteiger partial charge on any atom is -0.255 e. The fraction of sp³-hybridized carbons (Fsp3) is 1.00. The van der Waals surface area contributed by atoms with Crippen molar-refractivity contribution in [3.05, 3.63) is 0 Å². The smallest absolute Gasteiger partial charge is 0.255 e. The Kier molecular flexibility index (Phi) is 23.8. The van der Waals surface area contributed by atoms with E-state index in [4.69, 9.17) is 0 Å². The summed E-state index contributed by atoms with van der Waals surface area (Å²) >= 11 is 0. The molecule has 0 heterocycles. The second-order valence-electron chi connectivity index (χ2n) is 12.8. The molecule has 0 N–H and O–H groups in total. The highest BCUT2D eigenvalue weighted by Crippen LogP contribution is 2.65. The molecule has 0 aliphatic heterocycles. The van der Waals surface area contributed by atoms with Gasteiger partial charge < -0.3 is 0 Å². The molecule has 54 heavy (non-hydrogen) atoms. The third-order valence-electron chi connectivity index (χ3n) is 8.42. The van der Waals surface area contributed by atoms with Gasteiger partial charge in [-0.2, -0.15) is 39.5 Å². The predicted molar refractivity (Wildman–Crippen MR) is 158 cm³/mol. The summed E-state index contributed by atoms with van der Waals surface area (Å²) in [7, 11) is 1.00. The summed E-state index contributed by atoms with van der Waals surface area (Å²) in [6.45, 7) is 5.54. The third-order valence-corrected chi connectivity index (χ3v) is 8.42. The number of rotatable bonds is 5. The molecule has 2 aliphatic carbocycles. The van der Waals surface area contributed by atoms with Crippen LogP contribution in [0.15, 0.2) is 0 Å². The van der Waals surface area contributed by atoms with Crippen LogP contribution in [0.4, 0.5) is 101 Å². The Morgan fingerprint density at radius 2 is 1.06 bits per heavy atom. The Bertz CT molecular complexity index is 1010. The van der Waals surface area contributed by atoms with Crippen molar-refractivity contribution >= 4 is 0 Å². The Balaban J connectivity index is -0.000000212. The summed E-state index contributed by atoms with van der Waals surface area (Å²) in [5.74, 6) is -22.1. The van der Waals surface area contributed by atoms with Crippen LogP contribution in [0.5, 0.6) is 0 Å². The molecule has 0 aromatic heterocycles. The Labute approximate surface area is 300 Å². The average molecular weight is 859 g/mol. The van der Waals surface area contributed by atoms with Gasteiger partial charge in [0.2, 0.25) is 5.67 Å². The average Bonchev–Trinajstić information content (AvgIpc) is 3.00. The molecule has 2 aliphatic rings. The Morgan fingerprint density at radius 3 is 1.33 bits per heavy atom. The maximum Gasteiger partial charge on any atom is 0.432 e. The maximum absolute atomic E-state index is 13.8. The van der Waals surface area contributed by atoms with Crippen LogP contribution in [-0.2, 0) is 0 Å². The van der Waals surface area contributed by atoms with Gasteiger partial charge in [-0.05, 0) is 44.9 Å². The molecule has 23 heteroatoms. The molecular formula is C31H49F23. The minimum atomic E-state index is -6.46. The van der Waals surface area contributed by atoms with Gasteiger partial charge in [-0.15, -0.1) is 0 Å². The van der Waals surface area contributed by atoms with Crippen LogP contribution >= 0.6 is 0 Å². The van der Waals surface area contributed by atoms with Crippen LogP contribution in [0.1, 0.15) is 82.0 Å². The van der Waals surface area contributed by atoms with E-state index >= 15 is 0 Å². The van der Waals surface area contributed by atoms with Gasteiger partial charge in [0.15, 0.2) is 0 Å². The van der Waals surface area contributed by atoms with Gasteiger partial charge in [0.05, 0.1) is 33.6 Å². The fourth-order valence-electron chi connectivity index (χ4n) is 5.49. The van der Waals surface area contributed by atoms with E-state index in [0.29, 0.717) is 14.4 Å². The van der Waals surface area contributed by atoms with E-state index in [2.05, 4.69) is 0 Å². The number of hydrogen-bond acceptors (Lipinski definition) is 0. The minimum absolute atomic E-state index is 0. The molecule has 0 nitrogen and oxygen atoms in total. The van der Waals surface area contributed by atoms with Gasteiger partial charge in [-0.25, -0.2) is 43.9 Å². The van der Waals surface area contributed by atoms with E-state index in [1.54, 1.807) is 13.8 Å². The van der Waals surface area contributed by atoms with Crippen LogP contribution in [0.2, 0.25) is 0 Å². The lowest BCUT2D eigenvalue weighted by molar-refractivity contribution is -0.399. The van der Waals surface area contributed by atoms with Crippen molar-refractivity contribution in [2.24, 2.45) is 29.6 Å². The standard InChI is InChI=1S/C10H11F9.C9H11F7.C8H14F4.C2H5F.2CH3F.H2/c1-3-5-4-7(12,13)9(16,10(17,18)19)6(2,11)8(5,14)15;1-5-2-6(4-10)8(13,9(14,15)16)7(11,12)3-5;1-5(2)4-7(9)6(3)8(10,11)12;1-2-3;2*1-2;/h5H,3-4H2,1-2H3;5-6H,2-4H2,1H3;5-7H,4H2,1-3H3;2H2,1H3;2*1H3;1H. The van der Waals surface area contributed by atoms with Gasteiger partial charge in [0.25, 0.3) is 23.4 Å². The molecule has 334 valence electrons. The lowest BCUT2D eigenvalue weighted by Gasteiger charge is -2.52. The predicted octanol–water partition coefficient (Wildman–Crippen LogP) is 14.6. The first-order valence-corrected chi connectivity index (χ1v) is 15.8. The number of halogens is 23. The first-order chi connectivity index (χ1) is 23.9. The summed E-state index contributed by atoms with van der Waals surface area (Å²) < 4.78 is 286. The highest BCUT2D eigenvalue weighted by molar-refractivity contribution is 5.22. The first-order valence-electron chi connectivity index (χ1n) is 15.8. The first kappa shape index (κ1) is 59.1. The highest BCUT2D eigenvalue weighted by atomic mass is 19.4. The molecule has 2 rings (SSSR count). The zero-order valence-corrected chi connectivity index (χ0v) is 30.6. The molecule has 0 radical (unpaired) electrons. The number of alkyl halides is 23. The second kappa shape index (κ2) is 21.8. The molecule has 0 aromatic rings. The number of hydrogen-bond donors (Lipinski definition) is 0. The molecule has 0 spiro atoms. The van der Waals surface area contributed by atoms with Crippen LogP contribution in [0, 0.1) is 29.6 Å². The largest absolute Gasteiger partial charge is 0.432 e. The van der Waals surface area contributed by atoms with Crippen molar-refractivity contribution in [3.63, 3.8) is 0 Å². The van der Waals surface area contributed by atoms with Gasteiger partial charge >= 0.3 is 24.2 Å². The highest BCUT2D eigenvalue weighted by Gasteiger charge is 2.89.